The summed E-state index contributed by atoms with van der Waals surface area (Å²) in [5.74, 6) is 0. The fraction of sp³-hybridized carbons (Fsp3) is 0.385. The number of nitrogens with one attached hydrogen (secondary N) is 1. The molecule has 0 saturated heterocycles. The van der Waals surface area contributed by atoms with Gasteiger partial charge in [-0.15, -0.1) is 10.2 Å². The Morgan fingerprint density at radius 1 is 1.39 bits per heavy atom. The number of aryl methyl sites for hydroxylation is 1. The van der Waals surface area contributed by atoms with Crippen LogP contribution in [-0.4, -0.2) is 16.7 Å². The molecule has 5 heteroatoms. The maximum absolute atomic E-state index is 4.29. The second kappa shape index (κ2) is 5.91. The van der Waals surface area contributed by atoms with Crippen molar-refractivity contribution in [1.82, 2.24) is 15.5 Å². The molecule has 0 radical (unpaired) electrons. The number of hydrogen-bond acceptors (Lipinski definition) is 4. The van der Waals surface area contributed by atoms with Crippen molar-refractivity contribution >= 4 is 27.3 Å². The van der Waals surface area contributed by atoms with E-state index in [9.17, 15) is 0 Å². The SMILES string of the molecule is CCNC(C)c1nnc(-c2cc(C)ccc2Br)s1. The van der Waals surface area contributed by atoms with Crippen LogP contribution in [0, 0.1) is 6.92 Å². The van der Waals surface area contributed by atoms with E-state index in [0.29, 0.717) is 0 Å². The van der Waals surface area contributed by atoms with Crippen LogP contribution in [0.3, 0.4) is 0 Å². The van der Waals surface area contributed by atoms with Crippen molar-refractivity contribution in [1.29, 1.82) is 0 Å². The zero-order chi connectivity index (χ0) is 13.1. The van der Waals surface area contributed by atoms with E-state index in [1.54, 1.807) is 11.3 Å². The first-order valence-electron chi connectivity index (χ1n) is 5.95. The summed E-state index contributed by atoms with van der Waals surface area (Å²) in [7, 11) is 0. The van der Waals surface area contributed by atoms with E-state index in [4.69, 9.17) is 0 Å². The van der Waals surface area contributed by atoms with E-state index in [1.165, 1.54) is 5.56 Å². The molecule has 0 aliphatic rings. The molecule has 0 spiro atoms. The maximum Gasteiger partial charge on any atom is 0.149 e. The number of rotatable bonds is 4. The largest absolute Gasteiger partial charge is 0.308 e. The van der Waals surface area contributed by atoms with E-state index in [-0.39, 0.29) is 6.04 Å². The first-order chi connectivity index (χ1) is 8.61. The van der Waals surface area contributed by atoms with Gasteiger partial charge in [-0.1, -0.05) is 45.8 Å². The molecule has 0 aliphatic heterocycles. The Labute approximate surface area is 120 Å². The molecule has 0 aliphatic carbocycles. The van der Waals surface area contributed by atoms with Crippen molar-refractivity contribution in [3.63, 3.8) is 0 Å². The molecule has 2 rings (SSSR count). The molecule has 0 bridgehead atoms. The Balaban J connectivity index is 2.32. The summed E-state index contributed by atoms with van der Waals surface area (Å²) in [6.45, 7) is 7.22. The Hall–Kier alpha value is -0.780. The van der Waals surface area contributed by atoms with Gasteiger partial charge in [0.15, 0.2) is 0 Å². The lowest BCUT2D eigenvalue weighted by molar-refractivity contribution is 0.590. The smallest absolute Gasteiger partial charge is 0.149 e. The minimum atomic E-state index is 0.254. The maximum atomic E-state index is 4.29. The molecule has 0 amide bonds. The van der Waals surface area contributed by atoms with Gasteiger partial charge in [-0.25, -0.2) is 0 Å². The molecule has 1 N–H and O–H groups in total. The van der Waals surface area contributed by atoms with Crippen LogP contribution in [0.2, 0.25) is 0 Å². The average molecular weight is 326 g/mol. The number of halogens is 1. The normalized spacial score (nSPS) is 12.7. The average Bonchev–Trinajstić information content (AvgIpc) is 2.82. The van der Waals surface area contributed by atoms with Gasteiger partial charge in [0.25, 0.3) is 0 Å². The molecular weight excluding hydrogens is 310 g/mol. The van der Waals surface area contributed by atoms with Crippen LogP contribution in [0.5, 0.6) is 0 Å². The summed E-state index contributed by atoms with van der Waals surface area (Å²) in [5.41, 5.74) is 2.34. The second-order valence-corrected chi connectivity index (χ2v) is 6.07. The minimum absolute atomic E-state index is 0.254. The molecule has 0 saturated carbocycles. The zero-order valence-corrected chi connectivity index (χ0v) is 13.1. The topological polar surface area (TPSA) is 37.8 Å². The van der Waals surface area contributed by atoms with Crippen LogP contribution in [0.4, 0.5) is 0 Å². The monoisotopic (exact) mass is 325 g/mol. The van der Waals surface area contributed by atoms with Crippen LogP contribution in [0.15, 0.2) is 22.7 Å². The summed E-state index contributed by atoms with van der Waals surface area (Å²) in [4.78, 5) is 0. The molecule has 1 aromatic carbocycles. The third kappa shape index (κ3) is 2.96. The highest BCUT2D eigenvalue weighted by Gasteiger charge is 2.13. The van der Waals surface area contributed by atoms with Gasteiger partial charge in [0.2, 0.25) is 0 Å². The van der Waals surface area contributed by atoms with Crippen molar-refractivity contribution < 1.29 is 0 Å². The molecule has 2 aromatic rings. The lowest BCUT2D eigenvalue weighted by atomic mass is 10.1. The molecule has 1 atom stereocenters. The number of hydrogen-bond donors (Lipinski definition) is 1. The predicted molar refractivity (Wildman–Crippen MR) is 79.9 cm³/mol. The highest BCUT2D eigenvalue weighted by Crippen LogP contribution is 2.32. The van der Waals surface area contributed by atoms with E-state index >= 15 is 0 Å². The van der Waals surface area contributed by atoms with Crippen LogP contribution >= 0.6 is 27.3 Å². The highest BCUT2D eigenvalue weighted by atomic mass is 79.9. The summed E-state index contributed by atoms with van der Waals surface area (Å²) < 4.78 is 1.06. The first-order valence-corrected chi connectivity index (χ1v) is 7.56. The zero-order valence-electron chi connectivity index (χ0n) is 10.7. The number of benzene rings is 1. The Bertz CT molecular complexity index is 539. The van der Waals surface area contributed by atoms with Crippen molar-refractivity contribution in [3.8, 4) is 10.6 Å². The summed E-state index contributed by atoms with van der Waals surface area (Å²) in [5, 5.41) is 13.9. The lowest BCUT2D eigenvalue weighted by Crippen LogP contribution is -2.17. The van der Waals surface area contributed by atoms with Gasteiger partial charge >= 0.3 is 0 Å². The molecule has 0 fully saturated rings. The second-order valence-electron chi connectivity index (χ2n) is 4.21. The van der Waals surface area contributed by atoms with Crippen molar-refractivity contribution in [2.45, 2.75) is 26.8 Å². The van der Waals surface area contributed by atoms with Gasteiger partial charge in [0.05, 0.1) is 6.04 Å². The van der Waals surface area contributed by atoms with Crippen LogP contribution < -0.4 is 5.32 Å². The first kappa shape index (κ1) is 13.6. The third-order valence-corrected chi connectivity index (χ3v) is 4.50. The molecule has 3 nitrogen and oxygen atoms in total. The fourth-order valence-electron chi connectivity index (χ4n) is 1.71. The minimum Gasteiger partial charge on any atom is -0.308 e. The Morgan fingerprint density at radius 2 is 2.17 bits per heavy atom. The molecule has 1 aromatic heterocycles. The third-order valence-electron chi connectivity index (χ3n) is 2.67. The van der Waals surface area contributed by atoms with Gasteiger partial charge in [-0.05, 0) is 32.5 Å². The Kier molecular flexibility index (Phi) is 4.48. The molecule has 1 unspecified atom stereocenters. The quantitative estimate of drug-likeness (QED) is 0.924. The number of aromatic nitrogens is 2. The molecular formula is C13H16BrN3S. The van der Waals surface area contributed by atoms with Gasteiger partial charge in [-0.3, -0.25) is 0 Å². The summed E-state index contributed by atoms with van der Waals surface area (Å²) in [6, 6.07) is 6.52. The highest BCUT2D eigenvalue weighted by molar-refractivity contribution is 9.10. The summed E-state index contributed by atoms with van der Waals surface area (Å²) >= 11 is 5.21. The summed E-state index contributed by atoms with van der Waals surface area (Å²) in [6.07, 6.45) is 0. The fourth-order valence-corrected chi connectivity index (χ4v) is 3.18. The van der Waals surface area contributed by atoms with Gasteiger partial charge in [0, 0.05) is 10.0 Å². The van der Waals surface area contributed by atoms with Crippen LogP contribution in [0.1, 0.15) is 30.5 Å². The van der Waals surface area contributed by atoms with E-state index in [1.807, 2.05) is 0 Å². The van der Waals surface area contributed by atoms with Crippen molar-refractivity contribution in [2.75, 3.05) is 6.54 Å². The standard InChI is InChI=1S/C13H16BrN3S/c1-4-15-9(3)12-16-17-13(18-12)10-7-8(2)5-6-11(10)14/h5-7,9,15H,4H2,1-3H3. The number of nitrogens with zero attached hydrogens (tertiary/aromatic N) is 2. The predicted octanol–water partition coefficient (Wildman–Crippen LogP) is 3.95. The van der Waals surface area contributed by atoms with Crippen LogP contribution in [-0.2, 0) is 0 Å². The van der Waals surface area contributed by atoms with Gasteiger partial charge < -0.3 is 5.32 Å². The molecule has 18 heavy (non-hydrogen) atoms. The Morgan fingerprint density at radius 3 is 2.89 bits per heavy atom. The van der Waals surface area contributed by atoms with E-state index < -0.39 is 0 Å². The lowest BCUT2D eigenvalue weighted by Gasteiger charge is -2.06. The molecule has 96 valence electrons. The van der Waals surface area contributed by atoms with E-state index in [2.05, 4.69) is 70.4 Å². The van der Waals surface area contributed by atoms with Crippen LogP contribution in [0.25, 0.3) is 10.6 Å². The van der Waals surface area contributed by atoms with Crippen molar-refractivity contribution in [3.05, 3.63) is 33.2 Å². The van der Waals surface area contributed by atoms with E-state index in [0.717, 1.165) is 26.6 Å². The van der Waals surface area contributed by atoms with Crippen molar-refractivity contribution in [2.24, 2.45) is 0 Å². The van der Waals surface area contributed by atoms with Gasteiger partial charge in [-0.2, -0.15) is 0 Å². The van der Waals surface area contributed by atoms with Gasteiger partial charge in [0.1, 0.15) is 10.0 Å². The molecule has 1 heterocycles.